The molecule has 6 atom stereocenters. The number of fused-ring (bicyclic) bond motifs is 6. The van der Waals surface area contributed by atoms with Gasteiger partial charge in [0.25, 0.3) is 0 Å². The van der Waals surface area contributed by atoms with Crippen LogP contribution in [0.25, 0.3) is 0 Å². The van der Waals surface area contributed by atoms with Crippen molar-refractivity contribution in [2.24, 2.45) is 34.5 Å². The summed E-state index contributed by atoms with van der Waals surface area (Å²) in [4.78, 5) is 0. The van der Waals surface area contributed by atoms with Gasteiger partial charge in [-0.1, -0.05) is 12.8 Å². The van der Waals surface area contributed by atoms with Crippen molar-refractivity contribution in [1.82, 2.24) is 10.6 Å². The minimum Gasteiger partial charge on any atom is -0.314 e. The van der Waals surface area contributed by atoms with Gasteiger partial charge >= 0.3 is 0 Å². The van der Waals surface area contributed by atoms with Crippen LogP contribution in [0.5, 0.6) is 0 Å². The van der Waals surface area contributed by atoms with Crippen LogP contribution in [0.2, 0.25) is 0 Å². The highest BCUT2D eigenvalue weighted by molar-refractivity contribution is 5.20. The molecule has 0 saturated heterocycles. The second kappa shape index (κ2) is 5.72. The van der Waals surface area contributed by atoms with Crippen molar-refractivity contribution in [3.8, 4) is 0 Å². The van der Waals surface area contributed by atoms with Crippen molar-refractivity contribution in [3.63, 3.8) is 0 Å². The van der Waals surface area contributed by atoms with E-state index in [-0.39, 0.29) is 0 Å². The van der Waals surface area contributed by atoms with Crippen molar-refractivity contribution < 1.29 is 0 Å². The molecule has 6 aliphatic carbocycles. The summed E-state index contributed by atoms with van der Waals surface area (Å²) in [5.74, 6) is 4.12. The van der Waals surface area contributed by atoms with E-state index < -0.39 is 0 Å². The van der Waals surface area contributed by atoms with Crippen LogP contribution in [0.4, 0.5) is 0 Å². The van der Waals surface area contributed by atoms with E-state index in [1.165, 1.54) is 77.0 Å². The average Bonchev–Trinajstić information content (AvgIpc) is 3.31. The van der Waals surface area contributed by atoms with Crippen LogP contribution < -0.4 is 10.6 Å². The van der Waals surface area contributed by atoms with Crippen molar-refractivity contribution in [2.75, 3.05) is 14.1 Å². The lowest BCUT2D eigenvalue weighted by Gasteiger charge is -2.57. The van der Waals surface area contributed by atoms with Crippen molar-refractivity contribution >= 4 is 0 Å². The molecule has 2 spiro atoms. The fourth-order valence-corrected chi connectivity index (χ4v) is 9.55. The molecule has 4 bridgehead atoms. The molecule has 0 aromatic carbocycles. The largest absolute Gasteiger partial charge is 0.314 e. The Kier molecular flexibility index (Phi) is 3.96. The van der Waals surface area contributed by atoms with Crippen LogP contribution >= 0.6 is 0 Å². The van der Waals surface area contributed by atoms with Gasteiger partial charge in [0.05, 0.1) is 0 Å². The normalized spacial score (nSPS) is 51.2. The smallest absolute Gasteiger partial charge is 0.0237 e. The average molecular weight is 359 g/mol. The SMILES string of the molecule is CNC1(C)C2CCC(C2)C12CCC2.CNC1(C)C2CCC(C2)C12CCC2. The van der Waals surface area contributed by atoms with Gasteiger partial charge in [-0.3, -0.25) is 0 Å². The minimum absolute atomic E-state index is 0.494. The maximum absolute atomic E-state index is 3.66. The molecule has 6 fully saturated rings. The summed E-state index contributed by atoms with van der Waals surface area (Å²) < 4.78 is 0. The van der Waals surface area contributed by atoms with Crippen molar-refractivity contribution in [1.29, 1.82) is 0 Å². The molecule has 0 amide bonds. The first-order valence-corrected chi connectivity index (χ1v) is 11.8. The molecule has 2 nitrogen and oxygen atoms in total. The number of rotatable bonds is 2. The molecule has 26 heavy (non-hydrogen) atoms. The second-order valence-corrected chi connectivity index (χ2v) is 11.3. The van der Waals surface area contributed by atoms with Crippen LogP contribution in [-0.4, -0.2) is 25.2 Å². The van der Waals surface area contributed by atoms with Crippen LogP contribution in [0, 0.1) is 34.5 Å². The quantitative estimate of drug-likeness (QED) is 0.715. The highest BCUT2D eigenvalue weighted by Crippen LogP contribution is 2.70. The predicted molar refractivity (Wildman–Crippen MR) is 109 cm³/mol. The monoisotopic (exact) mass is 358 g/mol. The van der Waals surface area contributed by atoms with Gasteiger partial charge in [0.2, 0.25) is 0 Å². The maximum atomic E-state index is 3.66. The van der Waals surface area contributed by atoms with Gasteiger partial charge in [-0.2, -0.15) is 0 Å². The fourth-order valence-electron chi connectivity index (χ4n) is 9.55. The molecule has 2 N–H and O–H groups in total. The molecule has 6 saturated carbocycles. The molecule has 0 aliphatic heterocycles. The Labute approximate surface area is 161 Å². The molecule has 6 unspecified atom stereocenters. The zero-order chi connectivity index (χ0) is 18.2. The van der Waals surface area contributed by atoms with Gasteiger partial charge in [-0.25, -0.2) is 0 Å². The Morgan fingerprint density at radius 3 is 1.15 bits per heavy atom. The van der Waals surface area contributed by atoms with Gasteiger partial charge in [-0.05, 0) is 127 Å². The van der Waals surface area contributed by atoms with E-state index in [0.29, 0.717) is 11.1 Å². The van der Waals surface area contributed by atoms with Crippen molar-refractivity contribution in [3.05, 3.63) is 0 Å². The summed E-state index contributed by atoms with van der Waals surface area (Å²) in [7, 11) is 4.36. The second-order valence-electron chi connectivity index (χ2n) is 11.3. The lowest BCUT2D eigenvalue weighted by atomic mass is 9.52. The zero-order valence-corrected chi connectivity index (χ0v) is 17.8. The lowest BCUT2D eigenvalue weighted by Crippen LogP contribution is -2.61. The molecule has 0 heterocycles. The third-order valence-corrected chi connectivity index (χ3v) is 11.7. The van der Waals surface area contributed by atoms with Gasteiger partial charge < -0.3 is 10.6 Å². The summed E-state index contributed by atoms with van der Waals surface area (Å²) in [5, 5.41) is 7.33. The Hall–Kier alpha value is -0.0800. The fraction of sp³-hybridized carbons (Fsp3) is 1.00. The first-order chi connectivity index (χ1) is 12.5. The summed E-state index contributed by atoms with van der Waals surface area (Å²) in [6.45, 7) is 4.99. The summed E-state index contributed by atoms with van der Waals surface area (Å²) >= 11 is 0. The van der Waals surface area contributed by atoms with Crippen LogP contribution in [0.3, 0.4) is 0 Å². The molecular formula is C24H42N2. The van der Waals surface area contributed by atoms with Crippen LogP contribution in [0.1, 0.15) is 90.9 Å². The number of nitrogens with one attached hydrogen (secondary N) is 2. The van der Waals surface area contributed by atoms with Gasteiger partial charge in [-0.15, -0.1) is 0 Å². The Balaban J connectivity index is 0.000000115. The van der Waals surface area contributed by atoms with Gasteiger partial charge in [0, 0.05) is 11.1 Å². The van der Waals surface area contributed by atoms with E-state index in [1.54, 1.807) is 0 Å². The van der Waals surface area contributed by atoms with Gasteiger partial charge in [0.1, 0.15) is 0 Å². The first-order valence-electron chi connectivity index (χ1n) is 11.8. The molecule has 0 aromatic heterocycles. The molecular weight excluding hydrogens is 316 g/mol. The molecule has 148 valence electrons. The summed E-state index contributed by atoms with van der Waals surface area (Å²) in [6.07, 6.45) is 18.1. The Morgan fingerprint density at radius 2 is 0.923 bits per heavy atom. The van der Waals surface area contributed by atoms with Crippen LogP contribution in [0.15, 0.2) is 0 Å². The Morgan fingerprint density at radius 1 is 0.577 bits per heavy atom. The third kappa shape index (κ3) is 1.87. The first kappa shape index (κ1) is 18.0. The summed E-state index contributed by atoms with van der Waals surface area (Å²) in [5.41, 5.74) is 2.44. The third-order valence-electron chi connectivity index (χ3n) is 11.7. The van der Waals surface area contributed by atoms with E-state index in [2.05, 4.69) is 38.6 Å². The number of hydrogen-bond donors (Lipinski definition) is 2. The van der Waals surface area contributed by atoms with Crippen LogP contribution in [-0.2, 0) is 0 Å². The van der Waals surface area contributed by atoms with E-state index >= 15 is 0 Å². The van der Waals surface area contributed by atoms with E-state index in [9.17, 15) is 0 Å². The molecule has 0 radical (unpaired) electrons. The lowest BCUT2D eigenvalue weighted by molar-refractivity contribution is -0.0363. The predicted octanol–water partition coefficient (Wildman–Crippen LogP) is 5.13. The van der Waals surface area contributed by atoms with Gasteiger partial charge in [0.15, 0.2) is 0 Å². The topological polar surface area (TPSA) is 24.1 Å². The zero-order valence-electron chi connectivity index (χ0n) is 17.8. The maximum Gasteiger partial charge on any atom is 0.0237 e. The minimum atomic E-state index is 0.494. The van der Waals surface area contributed by atoms with E-state index in [1.807, 2.05) is 0 Å². The molecule has 2 heteroatoms. The van der Waals surface area contributed by atoms with E-state index in [4.69, 9.17) is 0 Å². The highest BCUT2D eigenvalue weighted by atomic mass is 15.0. The van der Waals surface area contributed by atoms with E-state index in [0.717, 1.165) is 34.5 Å². The standard InChI is InChI=1S/2C12H21N/c2*1-11(13-2)9-4-5-10(8-9)12(11)6-3-7-12/h2*9-10,13H,3-8H2,1-2H3. The number of hydrogen-bond acceptors (Lipinski definition) is 2. The highest BCUT2D eigenvalue weighted by Gasteiger charge is 2.67. The molecule has 0 aromatic rings. The Bertz CT molecular complexity index is 482. The van der Waals surface area contributed by atoms with Crippen molar-refractivity contribution in [2.45, 2.75) is 102 Å². The molecule has 6 rings (SSSR count). The molecule has 6 aliphatic rings. The summed E-state index contributed by atoms with van der Waals surface area (Å²) in [6, 6.07) is 0.